The number of aromatic carboxylic acids is 1. The molecular weight excluding hydrogens is 1230 g/mol. The van der Waals surface area contributed by atoms with Gasteiger partial charge in [-0.1, -0.05) is 48.2 Å². The van der Waals surface area contributed by atoms with Gasteiger partial charge in [-0.2, -0.15) is 26.3 Å². The van der Waals surface area contributed by atoms with Crippen molar-refractivity contribution in [1.82, 2.24) is 10.3 Å². The van der Waals surface area contributed by atoms with Crippen LogP contribution < -0.4 is 21.3 Å². The van der Waals surface area contributed by atoms with Gasteiger partial charge in [0, 0.05) is 63.5 Å². The van der Waals surface area contributed by atoms with Crippen LogP contribution in [0.2, 0.25) is 0 Å². The Bertz CT molecular complexity index is 3990. The van der Waals surface area contributed by atoms with Crippen LogP contribution in [0.4, 0.5) is 60.5 Å². The molecule has 4 amide bonds. The topological polar surface area (TPSA) is 318 Å². The van der Waals surface area contributed by atoms with E-state index in [0.717, 1.165) is 50.2 Å². The SMILES string of the molecule is CC(=O)Nc1ccc(-c2cc3onc(C(=O)Nc4ccc(Br)cc4C(=O)O)c3cc2NC(C)=O)c(C(F)(F)F)c1.CC(C)(C)OC(=O)c1cc(Br)ccc1NC(=O)c1noc2cc(-c3ccc([N+](=O)[O-])cc3C(F)(F)F)c([N+](=O)[O-])cc12. The number of hydrogen-bond donors (Lipinski definition) is 5. The molecule has 0 atom stereocenters. The summed E-state index contributed by atoms with van der Waals surface area (Å²) >= 11 is 6.40. The fourth-order valence-corrected chi connectivity index (χ4v) is 8.59. The summed E-state index contributed by atoms with van der Waals surface area (Å²) in [5.74, 6) is -5.04. The number of aromatic nitrogens is 2. The average Bonchev–Trinajstić information content (AvgIpc) is 2.59. The summed E-state index contributed by atoms with van der Waals surface area (Å²) in [6, 6.07) is 17.6. The normalized spacial score (nSPS) is 11.5. The molecule has 0 radical (unpaired) electrons. The Labute approximate surface area is 471 Å². The highest BCUT2D eigenvalue weighted by molar-refractivity contribution is 9.10. The Morgan fingerprint density at radius 1 is 0.573 bits per heavy atom. The van der Waals surface area contributed by atoms with Gasteiger partial charge in [-0.15, -0.1) is 0 Å². The first-order chi connectivity index (χ1) is 38.2. The smallest absolute Gasteiger partial charge is 0.417 e. The number of nitrogens with zero attached hydrogens (tertiary/aromatic N) is 4. The van der Waals surface area contributed by atoms with Crippen molar-refractivity contribution in [3.05, 3.63) is 160 Å². The van der Waals surface area contributed by atoms with E-state index < -0.39 is 103 Å². The number of nitro benzene ring substituents is 2. The Morgan fingerprint density at radius 2 is 1.06 bits per heavy atom. The molecule has 0 bridgehead atoms. The Morgan fingerprint density at radius 3 is 1.56 bits per heavy atom. The number of nitro groups is 2. The number of carbonyl (C=O) groups excluding carboxylic acids is 5. The predicted octanol–water partition coefficient (Wildman–Crippen LogP) is 13.4. The molecule has 424 valence electrons. The number of hydrogen-bond acceptors (Lipinski definition) is 15. The van der Waals surface area contributed by atoms with E-state index in [2.05, 4.69) is 63.4 Å². The molecule has 2 aromatic heterocycles. The van der Waals surface area contributed by atoms with E-state index in [-0.39, 0.29) is 78.7 Å². The summed E-state index contributed by atoms with van der Waals surface area (Å²) in [7, 11) is 0. The monoisotopic (exact) mass is 1270 g/mol. The van der Waals surface area contributed by atoms with Crippen LogP contribution in [-0.2, 0) is 26.7 Å². The van der Waals surface area contributed by atoms with Gasteiger partial charge in [-0.25, -0.2) is 9.59 Å². The van der Waals surface area contributed by atoms with Crippen LogP contribution in [-0.4, -0.2) is 66.4 Å². The number of esters is 1. The van der Waals surface area contributed by atoms with Gasteiger partial charge in [0.15, 0.2) is 22.6 Å². The maximum atomic E-state index is 14.1. The number of ether oxygens (including phenoxy) is 1. The van der Waals surface area contributed by atoms with Crippen molar-refractivity contribution in [3.63, 3.8) is 0 Å². The number of non-ortho nitro benzene ring substituents is 1. The number of alkyl halides is 6. The molecule has 0 saturated heterocycles. The summed E-state index contributed by atoms with van der Waals surface area (Å²) in [5, 5.41) is 49.3. The number of anilines is 4. The summed E-state index contributed by atoms with van der Waals surface area (Å²) in [4.78, 5) is 94.9. The number of carboxylic acids is 1. The lowest BCUT2D eigenvalue weighted by molar-refractivity contribution is -0.385. The van der Waals surface area contributed by atoms with Gasteiger partial charge in [-0.3, -0.25) is 39.4 Å². The zero-order valence-electron chi connectivity index (χ0n) is 42.3. The van der Waals surface area contributed by atoms with Crippen molar-refractivity contribution in [2.45, 2.75) is 52.6 Å². The molecule has 0 aliphatic heterocycles. The molecule has 82 heavy (non-hydrogen) atoms. The first-order valence-corrected chi connectivity index (χ1v) is 24.6. The van der Waals surface area contributed by atoms with E-state index in [1.165, 1.54) is 54.6 Å². The van der Waals surface area contributed by atoms with Crippen molar-refractivity contribution < 1.29 is 83.8 Å². The third-order valence-electron chi connectivity index (χ3n) is 11.2. The van der Waals surface area contributed by atoms with Gasteiger partial charge >= 0.3 is 24.3 Å². The van der Waals surface area contributed by atoms with Crippen molar-refractivity contribution in [1.29, 1.82) is 0 Å². The molecule has 30 heteroatoms. The Kier molecular flexibility index (Phi) is 17.0. The highest BCUT2D eigenvalue weighted by atomic mass is 79.9. The standard InChI is InChI=1S/C26H18BrF3N4O8.C26H18BrF3N4O6/c1-25(2,3)41-24(36)16-8-12(27)4-7-19(16)31-23(35)22-17-10-20(34(39)40)15(11-21(17)42-32-22)14-6-5-13(33(37)38)9-18(14)26(28,29)30;1-11(35)31-14-4-5-15(19(8-14)26(28,29)30)16-10-22-18(9-21(16)32-12(2)36)23(34-40-22)24(37)33-20-6-3-13(27)7-17(20)25(38)39/h4-11H,1-3H3,(H,31,35);3-10H,1-2H3,(H,31,35)(H,32,36)(H,33,37)(H,38,39). The molecule has 0 aliphatic carbocycles. The molecule has 0 spiro atoms. The predicted molar refractivity (Wildman–Crippen MR) is 287 cm³/mol. The molecule has 0 aliphatic rings. The van der Waals surface area contributed by atoms with Crippen LogP contribution in [0.15, 0.2) is 115 Å². The minimum absolute atomic E-state index is 0.0143. The van der Waals surface area contributed by atoms with E-state index in [9.17, 15) is 80.4 Å². The molecule has 2 heterocycles. The summed E-state index contributed by atoms with van der Waals surface area (Å²) < 4.78 is 100. The molecule has 0 unspecified atom stereocenters. The highest BCUT2D eigenvalue weighted by Gasteiger charge is 2.38. The van der Waals surface area contributed by atoms with Gasteiger partial charge in [0.2, 0.25) is 11.8 Å². The minimum atomic E-state index is -5.10. The number of halogens is 8. The summed E-state index contributed by atoms with van der Waals surface area (Å²) in [6.07, 6.45) is -9.95. The summed E-state index contributed by atoms with van der Waals surface area (Å²) in [6.45, 7) is 7.26. The second kappa shape index (κ2) is 23.3. The van der Waals surface area contributed by atoms with Crippen LogP contribution in [0.3, 0.4) is 0 Å². The minimum Gasteiger partial charge on any atom is -0.478 e. The van der Waals surface area contributed by atoms with Crippen LogP contribution >= 0.6 is 31.9 Å². The van der Waals surface area contributed by atoms with E-state index in [1.54, 1.807) is 20.8 Å². The van der Waals surface area contributed by atoms with Crippen LogP contribution in [0.1, 0.15) is 87.4 Å². The van der Waals surface area contributed by atoms with Gasteiger partial charge in [-0.05, 0) is 99.1 Å². The lowest BCUT2D eigenvalue weighted by atomic mass is 9.95. The van der Waals surface area contributed by atoms with E-state index >= 15 is 0 Å². The third kappa shape index (κ3) is 13.7. The lowest BCUT2D eigenvalue weighted by Gasteiger charge is -2.20. The zero-order chi connectivity index (χ0) is 60.5. The van der Waals surface area contributed by atoms with Gasteiger partial charge in [0.1, 0.15) is 5.60 Å². The van der Waals surface area contributed by atoms with E-state index in [4.69, 9.17) is 13.8 Å². The molecular formula is C52H36Br2F6N8O14. The number of benzene rings is 6. The van der Waals surface area contributed by atoms with Crippen molar-refractivity contribution in [2.75, 3.05) is 21.3 Å². The summed E-state index contributed by atoms with van der Waals surface area (Å²) in [5.41, 5.74) is -8.42. The first-order valence-electron chi connectivity index (χ1n) is 23.0. The molecule has 8 aromatic rings. The Balaban J connectivity index is 0.000000236. The number of fused-ring (bicyclic) bond motifs is 2. The van der Waals surface area contributed by atoms with E-state index in [1.807, 2.05) is 0 Å². The third-order valence-corrected chi connectivity index (χ3v) is 12.2. The quantitative estimate of drug-likeness (QED) is 0.0328. The Hall–Kier alpha value is -9.58. The second-order valence-corrected chi connectivity index (χ2v) is 20.1. The average molecular weight is 1270 g/mol. The number of carboxylic acid groups (broad SMARTS) is 1. The van der Waals surface area contributed by atoms with Crippen molar-refractivity contribution in [2.24, 2.45) is 0 Å². The first kappa shape index (κ1) is 60.1. The van der Waals surface area contributed by atoms with Gasteiger partial charge in [0.25, 0.3) is 23.2 Å². The van der Waals surface area contributed by atoms with Crippen LogP contribution in [0.25, 0.3) is 44.2 Å². The number of amides is 4. The highest BCUT2D eigenvalue weighted by Crippen LogP contribution is 2.45. The fraction of sp³-hybridized carbons (Fsp3) is 0.154. The van der Waals surface area contributed by atoms with Crippen molar-refractivity contribution >= 4 is 123 Å². The molecule has 6 aromatic carbocycles. The maximum absolute atomic E-state index is 14.1. The van der Waals surface area contributed by atoms with Crippen LogP contribution in [0, 0.1) is 20.2 Å². The number of rotatable bonds is 12. The van der Waals surface area contributed by atoms with Crippen LogP contribution in [0.5, 0.6) is 0 Å². The lowest BCUT2D eigenvalue weighted by Crippen LogP contribution is -2.25. The largest absolute Gasteiger partial charge is 0.478 e. The van der Waals surface area contributed by atoms with Crippen molar-refractivity contribution in [3.8, 4) is 22.3 Å². The van der Waals surface area contributed by atoms with Gasteiger partial charge < -0.3 is 40.2 Å². The second-order valence-electron chi connectivity index (χ2n) is 18.3. The molecule has 5 N–H and O–H groups in total. The molecule has 22 nitrogen and oxygen atoms in total. The molecule has 8 rings (SSSR count). The van der Waals surface area contributed by atoms with E-state index in [0.29, 0.717) is 8.95 Å². The zero-order valence-corrected chi connectivity index (χ0v) is 45.5. The number of nitrogens with one attached hydrogen (secondary N) is 4. The molecule has 0 fully saturated rings. The number of carbonyl (C=O) groups is 6. The fourth-order valence-electron chi connectivity index (χ4n) is 7.87. The molecule has 0 saturated carbocycles. The maximum Gasteiger partial charge on any atom is 0.417 e. The van der Waals surface area contributed by atoms with Gasteiger partial charge in [0.05, 0.1) is 59.8 Å².